The van der Waals surface area contributed by atoms with Crippen molar-refractivity contribution >= 4 is 39.9 Å². The Balaban J connectivity index is 2.64. The van der Waals surface area contributed by atoms with Crippen molar-refractivity contribution in [2.45, 2.75) is 12.3 Å². The molecule has 1 aromatic heterocycles. The lowest BCUT2D eigenvalue weighted by molar-refractivity contribution is 0.0993. The van der Waals surface area contributed by atoms with Gasteiger partial charge in [0.25, 0.3) is 0 Å². The van der Waals surface area contributed by atoms with Crippen molar-refractivity contribution in [3.05, 3.63) is 35.0 Å². The minimum Gasteiger partial charge on any atom is -0.359 e. The van der Waals surface area contributed by atoms with E-state index in [9.17, 15) is 4.79 Å². The molecule has 78 valence electrons. The van der Waals surface area contributed by atoms with Gasteiger partial charge in [0.1, 0.15) is 0 Å². The number of rotatable bonds is 2. The van der Waals surface area contributed by atoms with E-state index in [1.54, 1.807) is 19.2 Å². The van der Waals surface area contributed by atoms with E-state index in [0.29, 0.717) is 10.6 Å². The molecule has 0 aliphatic heterocycles. The van der Waals surface area contributed by atoms with Crippen LogP contribution in [-0.2, 0) is 0 Å². The highest BCUT2D eigenvalue weighted by Gasteiger charge is 2.17. The second-order valence-corrected chi connectivity index (χ2v) is 4.41. The van der Waals surface area contributed by atoms with Crippen molar-refractivity contribution in [2.75, 3.05) is 0 Å². The number of benzene rings is 1. The number of nitrogens with one attached hydrogen (secondary N) is 1. The summed E-state index contributed by atoms with van der Waals surface area (Å²) in [6.45, 7) is 1.66. The number of hydrogen-bond donors (Lipinski definition) is 1. The maximum absolute atomic E-state index is 11.7. The van der Waals surface area contributed by atoms with Gasteiger partial charge in [-0.1, -0.05) is 23.7 Å². The molecule has 0 saturated heterocycles. The van der Waals surface area contributed by atoms with Crippen molar-refractivity contribution in [3.63, 3.8) is 0 Å². The van der Waals surface area contributed by atoms with E-state index in [0.717, 1.165) is 10.9 Å². The number of hydrogen-bond acceptors (Lipinski definition) is 1. The average Bonchev–Trinajstić information content (AvgIpc) is 2.61. The first-order valence-corrected chi connectivity index (χ1v) is 5.36. The van der Waals surface area contributed by atoms with Crippen LogP contribution in [-0.4, -0.2) is 16.1 Å². The standard InChI is InChI=1S/C11H9Cl2NO/c1-6(12)11(15)8-5-14-10-7(8)3-2-4-9(10)13/h2-6,14H,1H3. The third kappa shape index (κ3) is 1.75. The minimum absolute atomic E-state index is 0.0924. The number of carbonyl (C=O) groups is 1. The molecule has 2 rings (SSSR count). The lowest BCUT2D eigenvalue weighted by atomic mass is 10.1. The lowest BCUT2D eigenvalue weighted by Crippen LogP contribution is -2.09. The topological polar surface area (TPSA) is 32.9 Å². The van der Waals surface area contributed by atoms with Gasteiger partial charge in [-0.3, -0.25) is 4.79 Å². The van der Waals surface area contributed by atoms with E-state index in [1.807, 2.05) is 12.1 Å². The summed E-state index contributed by atoms with van der Waals surface area (Å²) in [6.07, 6.45) is 1.65. The molecule has 0 spiro atoms. The maximum atomic E-state index is 11.7. The van der Waals surface area contributed by atoms with Crippen molar-refractivity contribution in [2.24, 2.45) is 0 Å². The Morgan fingerprint density at radius 3 is 2.87 bits per heavy atom. The van der Waals surface area contributed by atoms with Gasteiger partial charge in [-0.2, -0.15) is 0 Å². The predicted molar refractivity (Wildman–Crippen MR) is 63.0 cm³/mol. The van der Waals surface area contributed by atoms with Gasteiger partial charge in [0.05, 0.1) is 15.9 Å². The number of aromatic nitrogens is 1. The molecular formula is C11H9Cl2NO. The molecule has 2 nitrogen and oxygen atoms in total. The summed E-state index contributed by atoms with van der Waals surface area (Å²) >= 11 is 11.7. The maximum Gasteiger partial charge on any atom is 0.182 e. The van der Waals surface area contributed by atoms with Crippen LogP contribution < -0.4 is 0 Å². The lowest BCUT2D eigenvalue weighted by Gasteiger charge is -2.00. The second kappa shape index (κ2) is 3.87. The zero-order chi connectivity index (χ0) is 11.0. The smallest absolute Gasteiger partial charge is 0.182 e. The molecule has 0 amide bonds. The Hall–Kier alpha value is -0.990. The van der Waals surface area contributed by atoms with Gasteiger partial charge in [-0.25, -0.2) is 0 Å². The van der Waals surface area contributed by atoms with Crippen molar-refractivity contribution in [1.29, 1.82) is 0 Å². The fraction of sp³-hybridized carbons (Fsp3) is 0.182. The number of para-hydroxylation sites is 1. The first-order chi connectivity index (χ1) is 7.11. The van der Waals surface area contributed by atoms with Gasteiger partial charge in [0, 0.05) is 17.1 Å². The van der Waals surface area contributed by atoms with Crippen molar-refractivity contribution < 1.29 is 4.79 Å². The van der Waals surface area contributed by atoms with Gasteiger partial charge in [-0.15, -0.1) is 11.6 Å². The first-order valence-electron chi connectivity index (χ1n) is 4.55. The highest BCUT2D eigenvalue weighted by molar-refractivity contribution is 6.37. The van der Waals surface area contributed by atoms with Crippen molar-refractivity contribution in [3.8, 4) is 0 Å². The first kappa shape index (κ1) is 10.5. The summed E-state index contributed by atoms with van der Waals surface area (Å²) in [5, 5.41) is 0.900. The van der Waals surface area contributed by atoms with E-state index in [4.69, 9.17) is 23.2 Å². The normalized spacial score (nSPS) is 13.0. The van der Waals surface area contributed by atoms with Crippen LogP contribution in [0.4, 0.5) is 0 Å². The predicted octanol–water partition coefficient (Wildman–Crippen LogP) is 3.63. The van der Waals surface area contributed by atoms with E-state index in [-0.39, 0.29) is 5.78 Å². The monoisotopic (exact) mass is 241 g/mol. The second-order valence-electron chi connectivity index (χ2n) is 3.34. The number of aromatic amines is 1. The number of H-pyrrole nitrogens is 1. The molecule has 0 radical (unpaired) electrons. The minimum atomic E-state index is -0.525. The van der Waals surface area contributed by atoms with Gasteiger partial charge in [0.15, 0.2) is 5.78 Å². The number of alkyl halides is 1. The van der Waals surface area contributed by atoms with Gasteiger partial charge >= 0.3 is 0 Å². The summed E-state index contributed by atoms with van der Waals surface area (Å²) in [5.74, 6) is -0.0924. The molecule has 1 N–H and O–H groups in total. The van der Waals surface area contributed by atoms with Crippen molar-refractivity contribution in [1.82, 2.24) is 4.98 Å². The Labute approximate surface area is 97.2 Å². The zero-order valence-corrected chi connectivity index (χ0v) is 9.56. The molecular weight excluding hydrogens is 233 g/mol. The number of ketones is 1. The third-order valence-corrected chi connectivity index (χ3v) is 2.80. The van der Waals surface area contributed by atoms with Gasteiger partial charge < -0.3 is 4.98 Å². The van der Waals surface area contributed by atoms with Crippen LogP contribution in [0, 0.1) is 0 Å². The third-order valence-electron chi connectivity index (χ3n) is 2.29. The van der Waals surface area contributed by atoms with Crippen LogP contribution >= 0.6 is 23.2 Å². The SMILES string of the molecule is CC(Cl)C(=O)c1c[nH]c2c(Cl)cccc12. The molecule has 1 heterocycles. The molecule has 0 aliphatic carbocycles. The summed E-state index contributed by atoms with van der Waals surface area (Å²) in [4.78, 5) is 14.7. The van der Waals surface area contributed by atoms with Crippen LogP contribution in [0.5, 0.6) is 0 Å². The Morgan fingerprint density at radius 1 is 1.47 bits per heavy atom. The largest absolute Gasteiger partial charge is 0.359 e. The quantitative estimate of drug-likeness (QED) is 0.633. The van der Waals surface area contributed by atoms with Crippen LogP contribution in [0.15, 0.2) is 24.4 Å². The summed E-state index contributed by atoms with van der Waals surface area (Å²) in [6, 6.07) is 5.44. The molecule has 1 unspecified atom stereocenters. The molecule has 0 aliphatic rings. The van der Waals surface area contributed by atoms with Crippen LogP contribution in [0.1, 0.15) is 17.3 Å². The Morgan fingerprint density at radius 2 is 2.20 bits per heavy atom. The van der Waals surface area contributed by atoms with E-state index in [1.165, 1.54) is 0 Å². The number of halogens is 2. The van der Waals surface area contributed by atoms with Crippen LogP contribution in [0.25, 0.3) is 10.9 Å². The molecule has 4 heteroatoms. The molecule has 0 saturated carbocycles. The highest BCUT2D eigenvalue weighted by atomic mass is 35.5. The summed E-state index contributed by atoms with van der Waals surface area (Å²) in [7, 11) is 0. The fourth-order valence-electron chi connectivity index (χ4n) is 1.54. The van der Waals surface area contributed by atoms with Gasteiger partial charge in [0.2, 0.25) is 0 Å². The molecule has 1 aromatic carbocycles. The Kier molecular flexibility index (Phi) is 2.72. The molecule has 0 bridgehead atoms. The number of Topliss-reactive ketones (excluding diaryl/α,β-unsaturated/α-hetero) is 1. The Bertz CT molecular complexity index is 516. The molecule has 2 aromatic rings. The van der Waals surface area contributed by atoms with E-state index in [2.05, 4.69) is 4.98 Å². The summed E-state index contributed by atoms with van der Waals surface area (Å²) in [5.41, 5.74) is 1.37. The van der Waals surface area contributed by atoms with E-state index < -0.39 is 5.38 Å². The van der Waals surface area contributed by atoms with E-state index >= 15 is 0 Å². The van der Waals surface area contributed by atoms with Crippen LogP contribution in [0.2, 0.25) is 5.02 Å². The average molecular weight is 242 g/mol. The molecule has 15 heavy (non-hydrogen) atoms. The zero-order valence-electron chi connectivity index (χ0n) is 8.05. The number of carbonyl (C=O) groups excluding carboxylic acids is 1. The summed E-state index contributed by atoms with van der Waals surface area (Å²) < 4.78 is 0. The molecule has 0 fully saturated rings. The molecule has 1 atom stereocenters. The van der Waals surface area contributed by atoms with Crippen LogP contribution in [0.3, 0.4) is 0 Å². The number of fused-ring (bicyclic) bond motifs is 1. The fourth-order valence-corrected chi connectivity index (χ4v) is 1.88. The highest BCUT2D eigenvalue weighted by Crippen LogP contribution is 2.26. The van der Waals surface area contributed by atoms with Gasteiger partial charge in [-0.05, 0) is 13.0 Å².